The molecular formula is C14H17N3O2. The fourth-order valence-electron chi connectivity index (χ4n) is 1.52. The Bertz CT molecular complexity index is 491. The number of rotatable bonds is 7. The van der Waals surface area contributed by atoms with Crippen LogP contribution in [0, 0.1) is 0 Å². The number of aromatic nitrogens is 2. The summed E-state index contributed by atoms with van der Waals surface area (Å²) in [5.41, 5.74) is 0. The monoisotopic (exact) mass is 259 g/mol. The summed E-state index contributed by atoms with van der Waals surface area (Å²) in [7, 11) is 1.58. The largest absolute Gasteiger partial charge is 0.494 e. The molecular weight excluding hydrogens is 242 g/mol. The van der Waals surface area contributed by atoms with E-state index in [4.69, 9.17) is 9.47 Å². The highest BCUT2D eigenvalue weighted by atomic mass is 16.5. The Kier molecular flexibility index (Phi) is 4.98. The third-order valence-electron chi connectivity index (χ3n) is 2.46. The van der Waals surface area contributed by atoms with Crippen molar-refractivity contribution in [2.45, 2.75) is 6.42 Å². The zero-order chi connectivity index (χ0) is 13.3. The fourth-order valence-corrected chi connectivity index (χ4v) is 1.52. The molecule has 5 heteroatoms. The van der Waals surface area contributed by atoms with E-state index in [1.54, 1.807) is 19.4 Å². The number of methoxy groups -OCH3 is 1. The number of hydrogen-bond acceptors (Lipinski definition) is 5. The average molecular weight is 259 g/mol. The van der Waals surface area contributed by atoms with E-state index in [0.717, 1.165) is 18.7 Å². The lowest BCUT2D eigenvalue weighted by Crippen LogP contribution is -2.09. The highest BCUT2D eigenvalue weighted by molar-refractivity contribution is 5.27. The van der Waals surface area contributed by atoms with Gasteiger partial charge in [-0.15, -0.1) is 0 Å². The third-order valence-corrected chi connectivity index (χ3v) is 2.46. The molecule has 0 saturated heterocycles. The van der Waals surface area contributed by atoms with Gasteiger partial charge in [0.2, 0.25) is 11.8 Å². The molecule has 0 fully saturated rings. The molecule has 1 aromatic carbocycles. The number of nitrogens with one attached hydrogen (secondary N) is 1. The van der Waals surface area contributed by atoms with Gasteiger partial charge in [0.1, 0.15) is 5.75 Å². The molecule has 1 N–H and O–H groups in total. The number of hydrogen-bond donors (Lipinski definition) is 1. The van der Waals surface area contributed by atoms with Gasteiger partial charge in [-0.25, -0.2) is 4.98 Å². The van der Waals surface area contributed by atoms with E-state index in [9.17, 15) is 0 Å². The summed E-state index contributed by atoms with van der Waals surface area (Å²) in [4.78, 5) is 8.26. The van der Waals surface area contributed by atoms with Crippen molar-refractivity contribution in [3.8, 4) is 11.6 Å². The number of benzene rings is 1. The van der Waals surface area contributed by atoms with E-state index in [-0.39, 0.29) is 0 Å². The summed E-state index contributed by atoms with van der Waals surface area (Å²) < 4.78 is 10.6. The van der Waals surface area contributed by atoms with Gasteiger partial charge in [0.25, 0.3) is 0 Å². The van der Waals surface area contributed by atoms with E-state index >= 15 is 0 Å². The van der Waals surface area contributed by atoms with Gasteiger partial charge in [0.15, 0.2) is 0 Å². The first kappa shape index (κ1) is 13.1. The second-order valence-electron chi connectivity index (χ2n) is 3.86. The van der Waals surface area contributed by atoms with Gasteiger partial charge in [0, 0.05) is 18.8 Å². The minimum atomic E-state index is 0.554. The zero-order valence-corrected chi connectivity index (χ0v) is 10.9. The van der Waals surface area contributed by atoms with Gasteiger partial charge in [-0.05, 0) is 18.6 Å². The maximum Gasteiger partial charge on any atom is 0.225 e. The minimum absolute atomic E-state index is 0.554. The lowest BCUT2D eigenvalue weighted by molar-refractivity contribution is 0.315. The lowest BCUT2D eigenvalue weighted by Gasteiger charge is -2.07. The molecule has 0 radical (unpaired) electrons. The van der Waals surface area contributed by atoms with Crippen molar-refractivity contribution in [3.63, 3.8) is 0 Å². The van der Waals surface area contributed by atoms with E-state index in [1.807, 2.05) is 30.3 Å². The van der Waals surface area contributed by atoms with Crippen molar-refractivity contribution in [3.05, 3.63) is 42.6 Å². The zero-order valence-electron chi connectivity index (χ0n) is 10.9. The molecule has 2 rings (SSSR count). The Morgan fingerprint density at radius 3 is 2.79 bits per heavy atom. The highest BCUT2D eigenvalue weighted by Gasteiger charge is 1.98. The Morgan fingerprint density at radius 2 is 2.00 bits per heavy atom. The molecule has 0 atom stereocenters. The molecule has 0 bridgehead atoms. The Morgan fingerprint density at radius 1 is 1.16 bits per heavy atom. The molecule has 0 aliphatic heterocycles. The van der Waals surface area contributed by atoms with Gasteiger partial charge in [-0.2, -0.15) is 4.98 Å². The first-order chi connectivity index (χ1) is 9.38. The van der Waals surface area contributed by atoms with Crippen LogP contribution in [0.2, 0.25) is 0 Å². The summed E-state index contributed by atoms with van der Waals surface area (Å²) in [6.45, 7) is 1.40. The summed E-state index contributed by atoms with van der Waals surface area (Å²) in [5, 5.41) is 3.12. The first-order valence-electron chi connectivity index (χ1n) is 6.17. The molecule has 0 aliphatic rings. The molecule has 5 nitrogen and oxygen atoms in total. The Balaban J connectivity index is 1.66. The van der Waals surface area contributed by atoms with Crippen LogP contribution in [-0.4, -0.2) is 30.2 Å². The second kappa shape index (κ2) is 7.20. The van der Waals surface area contributed by atoms with Crippen molar-refractivity contribution in [2.24, 2.45) is 0 Å². The molecule has 0 spiro atoms. The van der Waals surface area contributed by atoms with Crippen LogP contribution in [0.25, 0.3) is 0 Å². The SMILES string of the molecule is COc1ccnc(NCCCOc2ccccc2)n1. The summed E-state index contributed by atoms with van der Waals surface area (Å²) in [6, 6.07) is 11.5. The normalized spacial score (nSPS) is 9.95. The van der Waals surface area contributed by atoms with Gasteiger partial charge in [-0.1, -0.05) is 18.2 Å². The quantitative estimate of drug-likeness (QED) is 0.774. The van der Waals surface area contributed by atoms with Crippen LogP contribution in [0.3, 0.4) is 0 Å². The standard InChI is InChI=1S/C14H17N3O2/c1-18-13-8-10-16-14(17-13)15-9-5-11-19-12-6-3-2-4-7-12/h2-4,6-8,10H,5,9,11H2,1H3,(H,15,16,17). The number of para-hydroxylation sites is 1. The molecule has 19 heavy (non-hydrogen) atoms. The van der Waals surface area contributed by atoms with E-state index < -0.39 is 0 Å². The average Bonchev–Trinajstić information content (AvgIpc) is 2.48. The Labute approximate surface area is 112 Å². The minimum Gasteiger partial charge on any atom is -0.494 e. The number of ether oxygens (including phenoxy) is 2. The van der Waals surface area contributed by atoms with Crippen LogP contribution in [0.5, 0.6) is 11.6 Å². The van der Waals surface area contributed by atoms with Crippen molar-refractivity contribution in [1.82, 2.24) is 9.97 Å². The number of nitrogens with zero attached hydrogens (tertiary/aromatic N) is 2. The molecule has 1 aromatic heterocycles. The number of anilines is 1. The van der Waals surface area contributed by atoms with E-state index in [2.05, 4.69) is 15.3 Å². The van der Waals surface area contributed by atoms with Crippen molar-refractivity contribution < 1.29 is 9.47 Å². The smallest absolute Gasteiger partial charge is 0.225 e. The van der Waals surface area contributed by atoms with Crippen molar-refractivity contribution >= 4 is 5.95 Å². The topological polar surface area (TPSA) is 56.3 Å². The first-order valence-corrected chi connectivity index (χ1v) is 6.17. The maximum atomic E-state index is 5.58. The van der Waals surface area contributed by atoms with Crippen molar-refractivity contribution in [2.75, 3.05) is 25.6 Å². The van der Waals surface area contributed by atoms with Gasteiger partial charge in [0.05, 0.1) is 13.7 Å². The van der Waals surface area contributed by atoms with Gasteiger partial charge < -0.3 is 14.8 Å². The molecule has 100 valence electrons. The molecule has 0 saturated carbocycles. The molecule has 1 heterocycles. The van der Waals surface area contributed by atoms with Crippen molar-refractivity contribution in [1.29, 1.82) is 0 Å². The highest BCUT2D eigenvalue weighted by Crippen LogP contribution is 2.09. The third kappa shape index (κ3) is 4.46. The van der Waals surface area contributed by atoms with E-state index in [0.29, 0.717) is 18.4 Å². The fraction of sp³-hybridized carbons (Fsp3) is 0.286. The molecule has 0 unspecified atom stereocenters. The van der Waals surface area contributed by atoms with Crippen LogP contribution < -0.4 is 14.8 Å². The second-order valence-corrected chi connectivity index (χ2v) is 3.86. The summed E-state index contributed by atoms with van der Waals surface area (Å²) in [6.07, 6.45) is 2.53. The lowest BCUT2D eigenvalue weighted by atomic mass is 10.3. The van der Waals surface area contributed by atoms with Crippen LogP contribution >= 0.6 is 0 Å². The van der Waals surface area contributed by atoms with Gasteiger partial charge in [-0.3, -0.25) is 0 Å². The van der Waals surface area contributed by atoms with Crippen LogP contribution in [0.15, 0.2) is 42.6 Å². The van der Waals surface area contributed by atoms with Gasteiger partial charge >= 0.3 is 0 Å². The maximum absolute atomic E-state index is 5.58. The van der Waals surface area contributed by atoms with Crippen LogP contribution in [0.4, 0.5) is 5.95 Å². The summed E-state index contributed by atoms with van der Waals surface area (Å²) >= 11 is 0. The van der Waals surface area contributed by atoms with Crippen LogP contribution in [0.1, 0.15) is 6.42 Å². The predicted molar refractivity (Wildman–Crippen MR) is 73.6 cm³/mol. The van der Waals surface area contributed by atoms with E-state index in [1.165, 1.54) is 0 Å². The molecule has 0 amide bonds. The molecule has 0 aliphatic carbocycles. The Hall–Kier alpha value is -2.30. The predicted octanol–water partition coefficient (Wildman–Crippen LogP) is 2.37. The van der Waals surface area contributed by atoms with Crippen LogP contribution in [-0.2, 0) is 0 Å². The summed E-state index contributed by atoms with van der Waals surface area (Å²) in [5.74, 6) is 2.01. The molecule has 2 aromatic rings.